The maximum atomic E-state index is 12.6. The number of methoxy groups -OCH3 is 1. The van der Waals surface area contributed by atoms with Crippen molar-refractivity contribution in [2.24, 2.45) is 0 Å². The van der Waals surface area contributed by atoms with Crippen molar-refractivity contribution >= 4 is 34.4 Å². The number of anilines is 1. The predicted octanol–water partition coefficient (Wildman–Crippen LogP) is 4.28. The van der Waals surface area contributed by atoms with Crippen LogP contribution in [0.2, 0.25) is 0 Å². The van der Waals surface area contributed by atoms with Gasteiger partial charge >= 0.3 is 0 Å². The molecule has 0 spiro atoms. The zero-order chi connectivity index (χ0) is 19.2. The molecule has 0 aliphatic rings. The summed E-state index contributed by atoms with van der Waals surface area (Å²) >= 11 is 1.45. The second-order valence-electron chi connectivity index (χ2n) is 6.33. The standard InChI is InChI=1S/C21H25N3O2S/c1-4-16-9-7-8-15(2)20(16)23-19(25)14-27-21-22-17-10-5-6-11-18(17)24(21)12-13-26-3/h5-11H,4,12-14H2,1-3H3,(H,23,25). The number of fused-ring (bicyclic) bond motifs is 1. The Hall–Kier alpha value is -2.31. The van der Waals surface area contributed by atoms with Crippen LogP contribution in [0.15, 0.2) is 47.6 Å². The minimum Gasteiger partial charge on any atom is -0.383 e. The van der Waals surface area contributed by atoms with Gasteiger partial charge in [0.25, 0.3) is 0 Å². The summed E-state index contributed by atoms with van der Waals surface area (Å²) in [5.74, 6) is 0.294. The molecule has 0 fully saturated rings. The molecule has 142 valence electrons. The maximum absolute atomic E-state index is 12.6. The van der Waals surface area contributed by atoms with Crippen LogP contribution in [0, 0.1) is 6.92 Å². The molecule has 3 rings (SSSR count). The number of carbonyl (C=O) groups excluding carboxylic acids is 1. The number of carbonyl (C=O) groups is 1. The van der Waals surface area contributed by atoms with Gasteiger partial charge in [-0.1, -0.05) is 49.0 Å². The number of aryl methyl sites for hydroxylation is 2. The van der Waals surface area contributed by atoms with Crippen molar-refractivity contribution in [3.8, 4) is 0 Å². The largest absolute Gasteiger partial charge is 0.383 e. The van der Waals surface area contributed by atoms with E-state index in [4.69, 9.17) is 4.74 Å². The Morgan fingerprint density at radius 2 is 2.04 bits per heavy atom. The Morgan fingerprint density at radius 3 is 2.81 bits per heavy atom. The number of aromatic nitrogens is 2. The molecule has 1 aromatic heterocycles. The second-order valence-corrected chi connectivity index (χ2v) is 7.27. The molecule has 0 aliphatic heterocycles. The van der Waals surface area contributed by atoms with Crippen molar-refractivity contribution in [3.05, 3.63) is 53.6 Å². The number of nitrogens with one attached hydrogen (secondary N) is 1. The van der Waals surface area contributed by atoms with E-state index in [0.717, 1.165) is 39.4 Å². The molecule has 0 aliphatic carbocycles. The Bertz CT molecular complexity index is 936. The molecule has 6 heteroatoms. The van der Waals surface area contributed by atoms with Crippen LogP contribution >= 0.6 is 11.8 Å². The highest BCUT2D eigenvalue weighted by Crippen LogP contribution is 2.25. The molecular formula is C21H25N3O2S. The van der Waals surface area contributed by atoms with Gasteiger partial charge in [0, 0.05) is 19.3 Å². The first-order valence-corrected chi connectivity index (χ1v) is 10.1. The van der Waals surface area contributed by atoms with Crippen LogP contribution in [0.25, 0.3) is 11.0 Å². The van der Waals surface area contributed by atoms with Crippen molar-refractivity contribution < 1.29 is 9.53 Å². The third-order valence-electron chi connectivity index (χ3n) is 4.48. The Balaban J connectivity index is 1.74. The van der Waals surface area contributed by atoms with Crippen molar-refractivity contribution in [1.82, 2.24) is 9.55 Å². The van der Waals surface area contributed by atoms with E-state index in [9.17, 15) is 4.79 Å². The van der Waals surface area contributed by atoms with E-state index in [-0.39, 0.29) is 5.91 Å². The third-order valence-corrected chi connectivity index (χ3v) is 5.45. The lowest BCUT2D eigenvalue weighted by atomic mass is 10.1. The van der Waals surface area contributed by atoms with Crippen LogP contribution < -0.4 is 5.32 Å². The van der Waals surface area contributed by atoms with Gasteiger partial charge in [-0.2, -0.15) is 0 Å². The first kappa shape index (κ1) is 19.5. The van der Waals surface area contributed by atoms with Crippen LogP contribution in [0.1, 0.15) is 18.1 Å². The van der Waals surface area contributed by atoms with E-state index in [0.29, 0.717) is 18.9 Å². The molecule has 0 saturated carbocycles. The molecule has 3 aromatic rings. The van der Waals surface area contributed by atoms with Crippen molar-refractivity contribution in [2.75, 3.05) is 24.8 Å². The molecular weight excluding hydrogens is 358 g/mol. The Kier molecular flexibility index (Phi) is 6.53. The zero-order valence-electron chi connectivity index (χ0n) is 16.0. The number of benzene rings is 2. The minimum absolute atomic E-state index is 0.0191. The molecule has 0 saturated heterocycles. The van der Waals surface area contributed by atoms with Crippen LogP contribution in [-0.2, 0) is 22.5 Å². The summed E-state index contributed by atoms with van der Waals surface area (Å²) in [4.78, 5) is 17.2. The van der Waals surface area contributed by atoms with Crippen LogP contribution in [0.5, 0.6) is 0 Å². The highest BCUT2D eigenvalue weighted by molar-refractivity contribution is 7.99. The number of imidazole rings is 1. The number of ether oxygens (including phenoxy) is 1. The average molecular weight is 384 g/mol. The van der Waals surface area contributed by atoms with E-state index < -0.39 is 0 Å². The fraction of sp³-hybridized carbons (Fsp3) is 0.333. The van der Waals surface area contributed by atoms with Gasteiger partial charge in [0.2, 0.25) is 5.91 Å². The summed E-state index contributed by atoms with van der Waals surface area (Å²) in [7, 11) is 1.69. The van der Waals surface area contributed by atoms with Gasteiger partial charge in [0.1, 0.15) is 0 Å². The van der Waals surface area contributed by atoms with E-state index in [1.54, 1.807) is 7.11 Å². The fourth-order valence-corrected chi connectivity index (χ4v) is 3.91. The Morgan fingerprint density at radius 1 is 1.22 bits per heavy atom. The van der Waals surface area contributed by atoms with Crippen molar-refractivity contribution in [2.45, 2.75) is 32.0 Å². The molecule has 1 heterocycles. The molecule has 2 aromatic carbocycles. The molecule has 1 amide bonds. The molecule has 5 nitrogen and oxygen atoms in total. The van der Waals surface area contributed by atoms with Gasteiger partial charge in [0.15, 0.2) is 5.16 Å². The number of amides is 1. The Labute approximate surface area is 164 Å². The highest BCUT2D eigenvalue weighted by Gasteiger charge is 2.14. The number of para-hydroxylation sites is 3. The first-order chi connectivity index (χ1) is 13.1. The molecule has 1 N–H and O–H groups in total. The number of hydrogen-bond acceptors (Lipinski definition) is 4. The molecule has 0 atom stereocenters. The smallest absolute Gasteiger partial charge is 0.234 e. The zero-order valence-corrected chi connectivity index (χ0v) is 16.8. The number of rotatable bonds is 8. The summed E-state index contributed by atoms with van der Waals surface area (Å²) in [5, 5.41) is 3.91. The molecule has 27 heavy (non-hydrogen) atoms. The van der Waals surface area contributed by atoms with Gasteiger partial charge < -0.3 is 14.6 Å². The van der Waals surface area contributed by atoms with Crippen LogP contribution in [0.3, 0.4) is 0 Å². The number of nitrogens with zero attached hydrogens (tertiary/aromatic N) is 2. The molecule has 0 unspecified atom stereocenters. The lowest BCUT2D eigenvalue weighted by Crippen LogP contribution is -2.17. The van der Waals surface area contributed by atoms with E-state index in [2.05, 4.69) is 27.9 Å². The predicted molar refractivity (Wildman–Crippen MR) is 112 cm³/mol. The summed E-state index contributed by atoms with van der Waals surface area (Å²) in [6.07, 6.45) is 0.886. The third kappa shape index (κ3) is 4.51. The lowest BCUT2D eigenvalue weighted by molar-refractivity contribution is -0.113. The lowest BCUT2D eigenvalue weighted by Gasteiger charge is -2.13. The normalized spacial score (nSPS) is 11.1. The quantitative estimate of drug-likeness (QED) is 0.590. The summed E-state index contributed by atoms with van der Waals surface area (Å²) in [6, 6.07) is 14.1. The number of thioether (sulfide) groups is 1. The summed E-state index contributed by atoms with van der Waals surface area (Å²) in [6.45, 7) is 5.42. The SMILES string of the molecule is CCc1cccc(C)c1NC(=O)CSc1nc2ccccc2n1CCOC. The average Bonchev–Trinajstić information content (AvgIpc) is 3.03. The van der Waals surface area contributed by atoms with E-state index >= 15 is 0 Å². The maximum Gasteiger partial charge on any atom is 0.234 e. The van der Waals surface area contributed by atoms with E-state index in [1.807, 2.05) is 43.3 Å². The molecule has 0 bridgehead atoms. The first-order valence-electron chi connectivity index (χ1n) is 9.09. The second kappa shape index (κ2) is 9.06. The highest BCUT2D eigenvalue weighted by atomic mass is 32.2. The van der Waals surface area contributed by atoms with Gasteiger partial charge in [-0.3, -0.25) is 4.79 Å². The van der Waals surface area contributed by atoms with Crippen LogP contribution in [-0.4, -0.2) is 34.9 Å². The van der Waals surface area contributed by atoms with Gasteiger partial charge in [-0.15, -0.1) is 0 Å². The van der Waals surface area contributed by atoms with E-state index in [1.165, 1.54) is 11.8 Å². The van der Waals surface area contributed by atoms with Crippen LogP contribution in [0.4, 0.5) is 5.69 Å². The van der Waals surface area contributed by atoms with Gasteiger partial charge in [-0.05, 0) is 36.6 Å². The van der Waals surface area contributed by atoms with Gasteiger partial charge in [0.05, 0.1) is 23.4 Å². The summed E-state index contributed by atoms with van der Waals surface area (Å²) < 4.78 is 7.34. The monoisotopic (exact) mass is 383 g/mol. The topological polar surface area (TPSA) is 56.2 Å². The minimum atomic E-state index is -0.0191. The fourth-order valence-electron chi connectivity index (χ4n) is 3.07. The number of hydrogen-bond donors (Lipinski definition) is 1. The van der Waals surface area contributed by atoms with Crippen molar-refractivity contribution in [1.29, 1.82) is 0 Å². The summed E-state index contributed by atoms with van der Waals surface area (Å²) in [5.41, 5.74) is 5.16. The van der Waals surface area contributed by atoms with Gasteiger partial charge in [-0.25, -0.2) is 4.98 Å². The molecule has 0 radical (unpaired) electrons. The van der Waals surface area contributed by atoms with Crippen molar-refractivity contribution in [3.63, 3.8) is 0 Å².